The molecule has 41 heavy (non-hydrogen) atoms. The minimum atomic E-state index is -4.25. The van der Waals surface area contributed by atoms with E-state index in [9.17, 15) is 22.8 Å². The van der Waals surface area contributed by atoms with Crippen molar-refractivity contribution in [2.24, 2.45) is 30.7 Å². The lowest BCUT2D eigenvalue weighted by Crippen LogP contribution is -2.45. The van der Waals surface area contributed by atoms with Gasteiger partial charge in [0.1, 0.15) is 0 Å². The van der Waals surface area contributed by atoms with Crippen LogP contribution in [0, 0.1) is 23.7 Å². The first-order chi connectivity index (χ1) is 19.6. The first-order valence-corrected chi connectivity index (χ1v) is 15.6. The van der Waals surface area contributed by atoms with Crippen molar-refractivity contribution in [1.29, 1.82) is 0 Å². The minimum absolute atomic E-state index is 0.0371. The number of aromatic nitrogens is 2. The van der Waals surface area contributed by atoms with Crippen molar-refractivity contribution in [3.05, 3.63) is 46.0 Å². The van der Waals surface area contributed by atoms with Crippen LogP contribution in [0.1, 0.15) is 108 Å². The van der Waals surface area contributed by atoms with Gasteiger partial charge < -0.3 is 9.88 Å². The maximum absolute atomic E-state index is 13.6. The van der Waals surface area contributed by atoms with Gasteiger partial charge in [-0.05, 0) is 80.9 Å². The van der Waals surface area contributed by atoms with E-state index in [0.29, 0.717) is 19.3 Å². The number of carbonyl (C=O) groups excluding carboxylic acids is 1. The van der Waals surface area contributed by atoms with E-state index in [-0.39, 0.29) is 42.2 Å². The van der Waals surface area contributed by atoms with E-state index in [4.69, 9.17) is 0 Å². The van der Waals surface area contributed by atoms with E-state index in [1.807, 2.05) is 18.3 Å². The zero-order valence-electron chi connectivity index (χ0n) is 24.4. The molecule has 1 N–H and O–H groups in total. The van der Waals surface area contributed by atoms with Gasteiger partial charge in [-0.25, -0.2) is 0 Å². The van der Waals surface area contributed by atoms with E-state index < -0.39 is 18.0 Å². The Morgan fingerprint density at radius 2 is 1.83 bits per heavy atom. The molecule has 3 aliphatic carbocycles. The van der Waals surface area contributed by atoms with Gasteiger partial charge in [-0.3, -0.25) is 14.6 Å². The molecule has 2 aromatic rings. The third kappa shape index (κ3) is 7.06. The molecule has 224 valence electrons. The maximum atomic E-state index is 13.6. The van der Waals surface area contributed by atoms with Crippen molar-refractivity contribution in [2.75, 3.05) is 0 Å². The van der Waals surface area contributed by atoms with Gasteiger partial charge in [0.05, 0.1) is 17.1 Å². The molecule has 0 aliphatic heterocycles. The van der Waals surface area contributed by atoms with Crippen LogP contribution in [0.25, 0.3) is 17.0 Å². The van der Waals surface area contributed by atoms with Crippen molar-refractivity contribution in [3.63, 3.8) is 0 Å². The molecule has 3 fully saturated rings. The predicted octanol–water partition coefficient (Wildman–Crippen LogP) is 7.67. The molecule has 0 radical (unpaired) electrons. The summed E-state index contributed by atoms with van der Waals surface area (Å²) in [5, 5.41) is 3.98. The molecule has 5 nitrogen and oxygen atoms in total. The highest BCUT2D eigenvalue weighted by molar-refractivity contribution is 5.81. The van der Waals surface area contributed by atoms with Crippen LogP contribution in [0.5, 0.6) is 0 Å². The lowest BCUT2D eigenvalue weighted by Gasteiger charge is -2.36. The van der Waals surface area contributed by atoms with Crippen molar-refractivity contribution < 1.29 is 18.0 Å². The highest BCUT2D eigenvalue weighted by Crippen LogP contribution is 2.41. The Balaban J connectivity index is 1.28. The largest absolute Gasteiger partial charge is 0.391 e. The van der Waals surface area contributed by atoms with Crippen LogP contribution < -0.4 is 10.9 Å². The number of amides is 1. The fourth-order valence-corrected chi connectivity index (χ4v) is 7.50. The Labute approximate surface area is 241 Å². The predicted molar refractivity (Wildman–Crippen MR) is 156 cm³/mol. The molecule has 2 heterocycles. The molecule has 0 spiro atoms. The van der Waals surface area contributed by atoms with Crippen molar-refractivity contribution in [2.45, 2.75) is 109 Å². The second-order valence-electron chi connectivity index (χ2n) is 13.0. The van der Waals surface area contributed by atoms with Gasteiger partial charge in [-0.2, -0.15) is 13.2 Å². The molecule has 0 bridgehead atoms. The quantitative estimate of drug-likeness (QED) is 0.387. The van der Waals surface area contributed by atoms with Gasteiger partial charge in [0, 0.05) is 36.2 Å². The summed E-state index contributed by atoms with van der Waals surface area (Å²) in [6, 6.07) is 3.79. The number of halogens is 3. The maximum Gasteiger partial charge on any atom is 0.391 e. The molecule has 1 amide bonds. The number of pyridine rings is 2. The zero-order valence-corrected chi connectivity index (χ0v) is 24.4. The van der Waals surface area contributed by atoms with Crippen molar-refractivity contribution in [1.82, 2.24) is 14.9 Å². The number of nitrogens with one attached hydrogen (secondary N) is 1. The molecule has 0 saturated heterocycles. The molecular formula is C33H44F3N3O2. The van der Waals surface area contributed by atoms with Crippen LogP contribution in [0.4, 0.5) is 13.2 Å². The summed E-state index contributed by atoms with van der Waals surface area (Å²) in [6.07, 6.45) is 12.7. The van der Waals surface area contributed by atoms with Gasteiger partial charge in [-0.1, -0.05) is 51.5 Å². The summed E-state index contributed by atoms with van der Waals surface area (Å²) in [5.74, 6) is -1.28. The van der Waals surface area contributed by atoms with E-state index >= 15 is 0 Å². The van der Waals surface area contributed by atoms with Crippen LogP contribution >= 0.6 is 0 Å². The molecule has 0 aromatic carbocycles. The fraction of sp³-hybridized carbons (Fsp3) is 0.667. The van der Waals surface area contributed by atoms with Crippen LogP contribution in [-0.2, 0) is 11.8 Å². The van der Waals surface area contributed by atoms with Crippen LogP contribution in [0.15, 0.2) is 29.2 Å². The normalized spacial score (nSPS) is 28.3. The average Bonchev–Trinajstić information content (AvgIpc) is 2.96. The fourth-order valence-electron chi connectivity index (χ4n) is 7.50. The Morgan fingerprint density at radius 1 is 1.05 bits per heavy atom. The SMILES string of the molecule is CC1CCC(NC(=O)C2CCCC(C(F)(F)F)C2)CC1c1cc2cnc(/C=C/CC3CCCCC3)cc2n(C)c1=O. The summed E-state index contributed by atoms with van der Waals surface area (Å²) in [7, 11) is 1.80. The van der Waals surface area contributed by atoms with Gasteiger partial charge in [-0.15, -0.1) is 0 Å². The number of hydrogen-bond acceptors (Lipinski definition) is 3. The van der Waals surface area contributed by atoms with E-state index in [2.05, 4.69) is 29.4 Å². The number of alkyl halides is 3. The second kappa shape index (κ2) is 12.7. The number of nitrogens with zero attached hydrogens (tertiary/aromatic N) is 2. The van der Waals surface area contributed by atoms with E-state index in [1.54, 1.807) is 11.6 Å². The zero-order chi connectivity index (χ0) is 29.1. The molecule has 3 saturated carbocycles. The molecule has 2 aromatic heterocycles. The molecule has 5 atom stereocenters. The molecule has 8 heteroatoms. The third-order valence-corrected chi connectivity index (χ3v) is 10.1. The number of rotatable bonds is 6. The Kier molecular flexibility index (Phi) is 9.24. The first-order valence-electron chi connectivity index (χ1n) is 15.6. The van der Waals surface area contributed by atoms with Crippen LogP contribution in [0.3, 0.4) is 0 Å². The lowest BCUT2D eigenvalue weighted by molar-refractivity contribution is -0.186. The summed E-state index contributed by atoms with van der Waals surface area (Å²) in [4.78, 5) is 31.3. The molecular weight excluding hydrogens is 527 g/mol. The number of carbonyl (C=O) groups is 1. The molecule has 5 unspecified atom stereocenters. The Hall–Kier alpha value is -2.64. The lowest BCUT2D eigenvalue weighted by atomic mass is 9.74. The number of hydrogen-bond donors (Lipinski definition) is 1. The summed E-state index contributed by atoms with van der Waals surface area (Å²) >= 11 is 0. The summed E-state index contributed by atoms with van der Waals surface area (Å²) in [6.45, 7) is 2.14. The van der Waals surface area contributed by atoms with Gasteiger partial charge >= 0.3 is 6.18 Å². The first kappa shape index (κ1) is 29.8. The summed E-state index contributed by atoms with van der Waals surface area (Å²) < 4.78 is 41.5. The highest BCUT2D eigenvalue weighted by Gasteiger charge is 2.44. The Bertz CT molecular complexity index is 1310. The number of aryl methyl sites for hydroxylation is 1. The number of allylic oxidation sites excluding steroid dienone is 1. The van der Waals surface area contributed by atoms with E-state index in [0.717, 1.165) is 47.3 Å². The number of fused-ring (bicyclic) bond motifs is 1. The van der Waals surface area contributed by atoms with Crippen molar-refractivity contribution >= 4 is 22.9 Å². The highest BCUT2D eigenvalue weighted by atomic mass is 19.4. The smallest absolute Gasteiger partial charge is 0.353 e. The van der Waals surface area contributed by atoms with Crippen LogP contribution in [0.2, 0.25) is 0 Å². The minimum Gasteiger partial charge on any atom is -0.353 e. The Morgan fingerprint density at radius 3 is 2.59 bits per heavy atom. The molecule has 3 aliphatic rings. The topological polar surface area (TPSA) is 64.0 Å². The second-order valence-corrected chi connectivity index (χ2v) is 13.0. The van der Waals surface area contributed by atoms with Gasteiger partial charge in [0.25, 0.3) is 5.56 Å². The van der Waals surface area contributed by atoms with Gasteiger partial charge in [0.2, 0.25) is 5.91 Å². The summed E-state index contributed by atoms with van der Waals surface area (Å²) in [5.41, 5.74) is 2.38. The van der Waals surface area contributed by atoms with Crippen LogP contribution in [-0.4, -0.2) is 27.7 Å². The van der Waals surface area contributed by atoms with Gasteiger partial charge in [0.15, 0.2) is 0 Å². The van der Waals surface area contributed by atoms with Crippen molar-refractivity contribution in [3.8, 4) is 0 Å². The average molecular weight is 572 g/mol. The monoisotopic (exact) mass is 571 g/mol. The standard InChI is InChI=1S/C33H44F3N3O2/c1-21-14-15-27(38-31(40)23-11-7-12-25(16-23)33(34,35)36)18-28(21)29-17-24-20-37-26(19-30(24)39(2)32(29)41)13-6-10-22-8-4-3-5-9-22/h6,13,17,19-23,25,27-28H,3-5,7-12,14-16,18H2,1-2H3,(H,38,40)/b13-6+. The third-order valence-electron chi connectivity index (χ3n) is 10.1. The van der Waals surface area contributed by atoms with E-state index in [1.165, 1.54) is 32.1 Å². The molecule has 5 rings (SSSR count).